The molecule has 2 aromatic carbocycles. The van der Waals surface area contributed by atoms with Gasteiger partial charge in [-0.25, -0.2) is 4.39 Å². The second-order valence-corrected chi connectivity index (χ2v) is 5.54. The van der Waals surface area contributed by atoms with Gasteiger partial charge in [-0.1, -0.05) is 17.7 Å². The van der Waals surface area contributed by atoms with E-state index in [4.69, 9.17) is 25.8 Å². The summed E-state index contributed by atoms with van der Waals surface area (Å²) >= 11 is 5.94. The van der Waals surface area contributed by atoms with Crippen LogP contribution in [0.15, 0.2) is 36.4 Å². The first kappa shape index (κ1) is 19.0. The zero-order valence-corrected chi connectivity index (χ0v) is 14.7. The third kappa shape index (κ3) is 5.34. The molecule has 5 nitrogen and oxygen atoms in total. The maximum absolute atomic E-state index is 13.8. The molecule has 25 heavy (non-hydrogen) atoms. The van der Waals surface area contributed by atoms with Gasteiger partial charge in [0.05, 0.1) is 20.1 Å². The summed E-state index contributed by atoms with van der Waals surface area (Å²) in [5.74, 6) is 0.105. The minimum Gasteiger partial charge on any atom is -0.493 e. The van der Waals surface area contributed by atoms with Crippen LogP contribution in [0.4, 0.5) is 10.1 Å². The number of amides is 1. The Balaban J connectivity index is 2.08. The minimum atomic E-state index is -0.513. The molecular formula is C18H19ClFNO4. The molecule has 0 heterocycles. The number of halogens is 2. The van der Waals surface area contributed by atoms with Gasteiger partial charge < -0.3 is 19.5 Å². The molecule has 0 atom stereocenters. The highest BCUT2D eigenvalue weighted by Crippen LogP contribution is 2.30. The van der Waals surface area contributed by atoms with E-state index in [9.17, 15) is 9.18 Å². The van der Waals surface area contributed by atoms with E-state index in [1.165, 1.54) is 19.2 Å². The summed E-state index contributed by atoms with van der Waals surface area (Å²) in [6.07, 6.45) is -0.169. The zero-order chi connectivity index (χ0) is 18.2. The van der Waals surface area contributed by atoms with Crippen molar-refractivity contribution in [1.29, 1.82) is 0 Å². The monoisotopic (exact) mass is 367 g/mol. The summed E-state index contributed by atoms with van der Waals surface area (Å²) in [6, 6.07) is 9.28. The lowest BCUT2D eigenvalue weighted by atomic mass is 10.1. The summed E-state index contributed by atoms with van der Waals surface area (Å²) in [4.78, 5) is 12.2. The van der Waals surface area contributed by atoms with Crippen molar-refractivity contribution in [3.63, 3.8) is 0 Å². The van der Waals surface area contributed by atoms with Crippen molar-refractivity contribution in [1.82, 2.24) is 0 Å². The normalized spacial score (nSPS) is 10.4. The molecule has 7 heteroatoms. The van der Waals surface area contributed by atoms with E-state index in [2.05, 4.69) is 5.32 Å². The first-order valence-electron chi connectivity index (χ1n) is 7.57. The van der Waals surface area contributed by atoms with Crippen LogP contribution in [-0.4, -0.2) is 33.3 Å². The Kier molecular flexibility index (Phi) is 7.03. The topological polar surface area (TPSA) is 56.8 Å². The van der Waals surface area contributed by atoms with Gasteiger partial charge in [0.25, 0.3) is 0 Å². The Morgan fingerprint density at radius 1 is 1.16 bits per heavy atom. The SMILES string of the molecule is COCCOc1cc(NC(=O)Cc2c(F)cccc2Cl)ccc1OC. The second-order valence-electron chi connectivity index (χ2n) is 5.13. The number of carbonyl (C=O) groups excluding carboxylic acids is 1. The quantitative estimate of drug-likeness (QED) is 0.723. The maximum atomic E-state index is 13.8. The summed E-state index contributed by atoms with van der Waals surface area (Å²) in [5, 5.41) is 2.91. The van der Waals surface area contributed by atoms with Crippen LogP contribution >= 0.6 is 11.6 Å². The Bertz CT molecular complexity index is 719. The molecule has 0 aliphatic carbocycles. The second kappa shape index (κ2) is 9.25. The van der Waals surface area contributed by atoms with Gasteiger partial charge in [0.15, 0.2) is 11.5 Å². The lowest BCUT2D eigenvalue weighted by molar-refractivity contribution is -0.115. The number of hydrogen-bond donors (Lipinski definition) is 1. The largest absolute Gasteiger partial charge is 0.493 e. The molecule has 0 saturated heterocycles. The summed E-state index contributed by atoms with van der Waals surface area (Å²) in [6.45, 7) is 0.765. The fraction of sp³-hybridized carbons (Fsp3) is 0.278. The van der Waals surface area contributed by atoms with Gasteiger partial charge in [-0.05, 0) is 24.3 Å². The number of anilines is 1. The van der Waals surface area contributed by atoms with Gasteiger partial charge in [-0.2, -0.15) is 0 Å². The van der Waals surface area contributed by atoms with Crippen molar-refractivity contribution in [3.8, 4) is 11.5 Å². The smallest absolute Gasteiger partial charge is 0.228 e. The lowest BCUT2D eigenvalue weighted by Crippen LogP contribution is -2.15. The van der Waals surface area contributed by atoms with Gasteiger partial charge in [0.2, 0.25) is 5.91 Å². The minimum absolute atomic E-state index is 0.159. The zero-order valence-electron chi connectivity index (χ0n) is 14.0. The Labute approximate surface area is 150 Å². The molecule has 1 N–H and O–H groups in total. The van der Waals surface area contributed by atoms with Crippen LogP contribution in [0.25, 0.3) is 0 Å². The third-order valence-corrected chi connectivity index (χ3v) is 3.75. The molecule has 0 unspecified atom stereocenters. The number of ether oxygens (including phenoxy) is 3. The van der Waals surface area contributed by atoms with Crippen molar-refractivity contribution in [2.75, 3.05) is 32.8 Å². The van der Waals surface area contributed by atoms with E-state index in [0.29, 0.717) is 30.4 Å². The molecule has 134 valence electrons. The molecule has 1 amide bonds. The lowest BCUT2D eigenvalue weighted by Gasteiger charge is -2.13. The molecule has 0 fully saturated rings. The van der Waals surface area contributed by atoms with Crippen molar-refractivity contribution < 1.29 is 23.4 Å². The summed E-state index contributed by atoms with van der Waals surface area (Å²) < 4.78 is 29.5. The number of hydrogen-bond acceptors (Lipinski definition) is 4. The number of nitrogens with one attached hydrogen (secondary N) is 1. The van der Waals surface area contributed by atoms with Crippen LogP contribution in [0.1, 0.15) is 5.56 Å². The van der Waals surface area contributed by atoms with Gasteiger partial charge in [0, 0.05) is 29.4 Å². The molecule has 0 saturated carbocycles. The van der Waals surface area contributed by atoms with Gasteiger partial charge >= 0.3 is 0 Å². The Morgan fingerprint density at radius 2 is 1.96 bits per heavy atom. The van der Waals surface area contributed by atoms with Crippen LogP contribution in [-0.2, 0) is 16.0 Å². The van der Waals surface area contributed by atoms with Gasteiger partial charge in [0.1, 0.15) is 12.4 Å². The number of carbonyl (C=O) groups is 1. The highest BCUT2D eigenvalue weighted by atomic mass is 35.5. The van der Waals surface area contributed by atoms with Crippen LogP contribution in [0.5, 0.6) is 11.5 Å². The molecule has 0 spiro atoms. The van der Waals surface area contributed by atoms with Crippen LogP contribution in [0.3, 0.4) is 0 Å². The van der Waals surface area contributed by atoms with E-state index in [1.54, 1.807) is 31.4 Å². The number of benzene rings is 2. The number of methoxy groups -OCH3 is 2. The molecule has 2 aromatic rings. The molecule has 0 aromatic heterocycles. The van der Waals surface area contributed by atoms with Crippen molar-refractivity contribution in [2.45, 2.75) is 6.42 Å². The summed E-state index contributed by atoms with van der Waals surface area (Å²) in [5.41, 5.74) is 0.664. The predicted octanol–water partition coefficient (Wildman–Crippen LogP) is 3.69. The molecular weight excluding hydrogens is 349 g/mol. The van der Waals surface area contributed by atoms with Crippen LogP contribution < -0.4 is 14.8 Å². The molecule has 0 bridgehead atoms. The third-order valence-electron chi connectivity index (χ3n) is 3.39. The van der Waals surface area contributed by atoms with E-state index in [-0.39, 0.29) is 22.9 Å². The average molecular weight is 368 g/mol. The van der Waals surface area contributed by atoms with Crippen molar-refractivity contribution >= 4 is 23.2 Å². The standard InChI is InChI=1S/C18H19ClFNO4/c1-23-8-9-25-17-10-12(6-7-16(17)24-2)21-18(22)11-13-14(19)4-3-5-15(13)20/h3-7,10H,8-9,11H2,1-2H3,(H,21,22). The Morgan fingerprint density at radius 3 is 2.64 bits per heavy atom. The Hall–Kier alpha value is -2.31. The fourth-order valence-electron chi connectivity index (χ4n) is 2.17. The predicted molar refractivity (Wildman–Crippen MR) is 94.1 cm³/mol. The van der Waals surface area contributed by atoms with Crippen LogP contribution in [0, 0.1) is 5.82 Å². The molecule has 0 radical (unpaired) electrons. The first-order chi connectivity index (χ1) is 12.0. The highest BCUT2D eigenvalue weighted by Gasteiger charge is 2.13. The van der Waals surface area contributed by atoms with Crippen molar-refractivity contribution in [2.24, 2.45) is 0 Å². The van der Waals surface area contributed by atoms with E-state index in [0.717, 1.165) is 0 Å². The van der Waals surface area contributed by atoms with E-state index in [1.807, 2.05) is 0 Å². The maximum Gasteiger partial charge on any atom is 0.228 e. The van der Waals surface area contributed by atoms with E-state index < -0.39 is 5.82 Å². The van der Waals surface area contributed by atoms with Crippen molar-refractivity contribution in [3.05, 3.63) is 52.8 Å². The molecule has 0 aliphatic heterocycles. The highest BCUT2D eigenvalue weighted by molar-refractivity contribution is 6.31. The van der Waals surface area contributed by atoms with Gasteiger partial charge in [-0.15, -0.1) is 0 Å². The van der Waals surface area contributed by atoms with Crippen LogP contribution in [0.2, 0.25) is 5.02 Å². The number of rotatable bonds is 8. The van der Waals surface area contributed by atoms with E-state index >= 15 is 0 Å². The average Bonchev–Trinajstić information content (AvgIpc) is 2.59. The van der Waals surface area contributed by atoms with Gasteiger partial charge in [-0.3, -0.25) is 4.79 Å². The first-order valence-corrected chi connectivity index (χ1v) is 7.95. The fourth-order valence-corrected chi connectivity index (χ4v) is 2.40. The molecule has 2 rings (SSSR count). The summed E-state index contributed by atoms with van der Waals surface area (Å²) in [7, 11) is 3.10. The molecule has 0 aliphatic rings.